The summed E-state index contributed by atoms with van der Waals surface area (Å²) in [5.74, 6) is 0.653. The lowest BCUT2D eigenvalue weighted by Gasteiger charge is -2.25. The molecule has 0 aliphatic rings. The molecule has 0 saturated heterocycles. The molecule has 0 heterocycles. The van der Waals surface area contributed by atoms with Gasteiger partial charge in [-0.3, -0.25) is 9.80 Å². The van der Waals surface area contributed by atoms with Crippen molar-refractivity contribution in [2.75, 3.05) is 20.8 Å². The maximum absolute atomic E-state index is 9.79. The third-order valence-electron chi connectivity index (χ3n) is 3.35. The Morgan fingerprint density at radius 3 is 1.48 bits per heavy atom. The van der Waals surface area contributed by atoms with Crippen LogP contribution >= 0.6 is 0 Å². The second-order valence-corrected chi connectivity index (χ2v) is 5.43. The van der Waals surface area contributed by atoms with Gasteiger partial charge in [-0.15, -0.1) is 0 Å². The lowest BCUT2D eigenvalue weighted by molar-refractivity contribution is 0.169. The van der Waals surface area contributed by atoms with Gasteiger partial charge in [0.25, 0.3) is 0 Å². The van der Waals surface area contributed by atoms with Crippen molar-refractivity contribution in [3.05, 3.63) is 59.7 Å². The van der Waals surface area contributed by atoms with Gasteiger partial charge in [0, 0.05) is 24.2 Å². The summed E-state index contributed by atoms with van der Waals surface area (Å²) in [6.07, 6.45) is 0. The summed E-state index contributed by atoms with van der Waals surface area (Å²) in [4.78, 5) is 4.24. The smallest absolute Gasteiger partial charge is 0.120 e. The number of hydrogen-bond acceptors (Lipinski definition) is 4. The van der Waals surface area contributed by atoms with Gasteiger partial charge in [-0.25, -0.2) is 0 Å². The molecule has 2 aromatic carbocycles. The third-order valence-corrected chi connectivity index (χ3v) is 3.35. The molecule has 0 aliphatic carbocycles. The fourth-order valence-corrected chi connectivity index (χ4v) is 2.38. The molecule has 0 bridgehead atoms. The minimum atomic E-state index is 0.327. The standard InChI is InChI=1S/C17H22N2O2/c1-18(11-14-7-3-5-9-16(14)20)13-19(2)12-15-8-4-6-10-17(15)21/h3-10,20-21H,11-13H2,1-2H3. The average Bonchev–Trinajstić information content (AvgIpc) is 2.44. The SMILES string of the molecule is CN(Cc1ccccc1O)CN(C)Cc1ccccc1O. The Hall–Kier alpha value is -2.04. The van der Waals surface area contributed by atoms with Gasteiger partial charge in [-0.1, -0.05) is 36.4 Å². The topological polar surface area (TPSA) is 46.9 Å². The van der Waals surface area contributed by atoms with Crippen LogP contribution in [0.2, 0.25) is 0 Å². The summed E-state index contributed by atoms with van der Waals surface area (Å²) < 4.78 is 0. The van der Waals surface area contributed by atoms with Crippen LogP contribution in [0.5, 0.6) is 11.5 Å². The van der Waals surface area contributed by atoms with Gasteiger partial charge in [-0.2, -0.15) is 0 Å². The van der Waals surface area contributed by atoms with E-state index in [4.69, 9.17) is 0 Å². The monoisotopic (exact) mass is 286 g/mol. The molecule has 2 N–H and O–H groups in total. The Morgan fingerprint density at radius 2 is 1.10 bits per heavy atom. The molecule has 2 aromatic rings. The highest BCUT2D eigenvalue weighted by atomic mass is 16.3. The summed E-state index contributed by atoms with van der Waals surface area (Å²) >= 11 is 0. The summed E-state index contributed by atoms with van der Waals surface area (Å²) in [6.45, 7) is 2.10. The molecule has 112 valence electrons. The van der Waals surface area contributed by atoms with E-state index in [-0.39, 0.29) is 0 Å². The van der Waals surface area contributed by atoms with E-state index < -0.39 is 0 Å². The maximum Gasteiger partial charge on any atom is 0.120 e. The minimum Gasteiger partial charge on any atom is -0.508 e. The lowest BCUT2D eigenvalue weighted by atomic mass is 10.2. The molecule has 0 unspecified atom stereocenters. The van der Waals surface area contributed by atoms with Crippen molar-refractivity contribution in [1.29, 1.82) is 0 Å². The lowest BCUT2D eigenvalue weighted by Crippen LogP contribution is -2.32. The predicted molar refractivity (Wildman–Crippen MR) is 84.0 cm³/mol. The van der Waals surface area contributed by atoms with Gasteiger partial charge in [0.2, 0.25) is 0 Å². The maximum atomic E-state index is 9.79. The van der Waals surface area contributed by atoms with Crippen molar-refractivity contribution in [2.45, 2.75) is 13.1 Å². The molecule has 0 radical (unpaired) electrons. The highest BCUT2D eigenvalue weighted by Gasteiger charge is 2.09. The van der Waals surface area contributed by atoms with E-state index in [0.29, 0.717) is 24.6 Å². The van der Waals surface area contributed by atoms with Crippen LogP contribution in [0.3, 0.4) is 0 Å². The number of benzene rings is 2. The van der Waals surface area contributed by atoms with Gasteiger partial charge in [0.05, 0.1) is 6.67 Å². The summed E-state index contributed by atoms with van der Waals surface area (Å²) in [5, 5.41) is 19.6. The van der Waals surface area contributed by atoms with E-state index in [1.807, 2.05) is 50.5 Å². The second kappa shape index (κ2) is 7.11. The molecule has 0 fully saturated rings. The fourth-order valence-electron chi connectivity index (χ4n) is 2.38. The van der Waals surface area contributed by atoms with E-state index in [2.05, 4.69) is 9.80 Å². The van der Waals surface area contributed by atoms with Crippen molar-refractivity contribution in [3.8, 4) is 11.5 Å². The van der Waals surface area contributed by atoms with E-state index in [0.717, 1.165) is 17.8 Å². The number of phenols is 2. The molecule has 0 aromatic heterocycles. The molecule has 0 amide bonds. The molecular weight excluding hydrogens is 264 g/mol. The first-order chi connectivity index (χ1) is 10.1. The molecule has 4 heteroatoms. The number of para-hydroxylation sites is 2. The number of aromatic hydroxyl groups is 2. The van der Waals surface area contributed by atoms with Crippen LogP contribution in [0.1, 0.15) is 11.1 Å². The minimum absolute atomic E-state index is 0.327. The van der Waals surface area contributed by atoms with Crippen LogP contribution in [-0.4, -0.2) is 40.8 Å². The van der Waals surface area contributed by atoms with E-state index in [1.54, 1.807) is 12.1 Å². The molecule has 2 rings (SSSR count). The van der Waals surface area contributed by atoms with E-state index >= 15 is 0 Å². The highest BCUT2D eigenvalue weighted by molar-refractivity contribution is 5.32. The van der Waals surface area contributed by atoms with Crippen LogP contribution < -0.4 is 0 Å². The third kappa shape index (κ3) is 4.48. The molecule has 0 spiro atoms. The first-order valence-corrected chi connectivity index (χ1v) is 6.97. The molecule has 21 heavy (non-hydrogen) atoms. The van der Waals surface area contributed by atoms with Gasteiger partial charge in [0.15, 0.2) is 0 Å². The van der Waals surface area contributed by atoms with Gasteiger partial charge >= 0.3 is 0 Å². The van der Waals surface area contributed by atoms with Crippen LogP contribution in [0.4, 0.5) is 0 Å². The summed E-state index contributed by atoms with van der Waals surface area (Å²) in [6, 6.07) is 14.8. The van der Waals surface area contributed by atoms with E-state index in [1.165, 1.54) is 0 Å². The largest absolute Gasteiger partial charge is 0.508 e. The Bertz CT molecular complexity index is 535. The normalized spacial score (nSPS) is 11.2. The number of nitrogens with zero attached hydrogens (tertiary/aromatic N) is 2. The zero-order valence-corrected chi connectivity index (χ0v) is 12.5. The molecule has 0 aliphatic heterocycles. The molecule has 4 nitrogen and oxygen atoms in total. The van der Waals surface area contributed by atoms with Gasteiger partial charge in [-0.05, 0) is 26.2 Å². The zero-order chi connectivity index (χ0) is 15.2. The first-order valence-electron chi connectivity index (χ1n) is 6.97. The number of rotatable bonds is 6. The molecular formula is C17H22N2O2. The number of phenolic OH excluding ortho intramolecular Hbond substituents is 2. The second-order valence-electron chi connectivity index (χ2n) is 5.43. The Balaban J connectivity index is 1.89. The quantitative estimate of drug-likeness (QED) is 0.801. The zero-order valence-electron chi connectivity index (χ0n) is 12.5. The average molecular weight is 286 g/mol. The van der Waals surface area contributed by atoms with Crippen LogP contribution in [0, 0.1) is 0 Å². The number of hydrogen-bond donors (Lipinski definition) is 2. The van der Waals surface area contributed by atoms with Crippen LogP contribution in [0.25, 0.3) is 0 Å². The van der Waals surface area contributed by atoms with Crippen molar-refractivity contribution in [3.63, 3.8) is 0 Å². The van der Waals surface area contributed by atoms with Gasteiger partial charge < -0.3 is 10.2 Å². The molecule has 0 saturated carbocycles. The van der Waals surface area contributed by atoms with Crippen LogP contribution in [0.15, 0.2) is 48.5 Å². The Kier molecular flexibility index (Phi) is 5.20. The fraction of sp³-hybridized carbons (Fsp3) is 0.294. The van der Waals surface area contributed by atoms with E-state index in [9.17, 15) is 10.2 Å². The molecule has 0 atom stereocenters. The van der Waals surface area contributed by atoms with Crippen molar-refractivity contribution in [1.82, 2.24) is 9.80 Å². The van der Waals surface area contributed by atoms with Crippen LogP contribution in [-0.2, 0) is 13.1 Å². The Labute approximate surface area is 125 Å². The van der Waals surface area contributed by atoms with Crippen molar-refractivity contribution in [2.24, 2.45) is 0 Å². The van der Waals surface area contributed by atoms with Crippen molar-refractivity contribution >= 4 is 0 Å². The predicted octanol–water partition coefficient (Wildman–Crippen LogP) is 2.62. The first kappa shape index (κ1) is 15.4. The Morgan fingerprint density at radius 1 is 0.714 bits per heavy atom. The summed E-state index contributed by atoms with van der Waals surface area (Å²) in [5.41, 5.74) is 1.83. The highest BCUT2D eigenvalue weighted by Crippen LogP contribution is 2.19. The van der Waals surface area contributed by atoms with Gasteiger partial charge in [0.1, 0.15) is 11.5 Å². The summed E-state index contributed by atoms with van der Waals surface area (Å²) in [7, 11) is 4.02. The van der Waals surface area contributed by atoms with Crippen molar-refractivity contribution < 1.29 is 10.2 Å².